The lowest BCUT2D eigenvalue weighted by Gasteiger charge is -2.27. The molecule has 0 N–H and O–H groups in total. The molecule has 0 aromatic heterocycles. The summed E-state index contributed by atoms with van der Waals surface area (Å²) in [5.74, 6) is -1.06. The van der Waals surface area contributed by atoms with Crippen molar-refractivity contribution in [2.75, 3.05) is 13.2 Å². The van der Waals surface area contributed by atoms with Crippen LogP contribution in [0.15, 0.2) is 71.3 Å². The van der Waals surface area contributed by atoms with Crippen LogP contribution in [-0.4, -0.2) is 31.8 Å². The molecule has 28 heavy (non-hydrogen) atoms. The van der Waals surface area contributed by atoms with Crippen LogP contribution in [0.3, 0.4) is 0 Å². The van der Waals surface area contributed by atoms with Crippen LogP contribution in [0.1, 0.15) is 24.5 Å². The van der Waals surface area contributed by atoms with E-state index in [1.807, 2.05) is 43.3 Å². The highest BCUT2D eigenvalue weighted by atomic mass is 32.2. The summed E-state index contributed by atoms with van der Waals surface area (Å²) in [6.07, 6.45) is 2.81. The Kier molecular flexibility index (Phi) is 6.19. The molecule has 0 spiro atoms. The molecule has 1 aliphatic heterocycles. The molecule has 6 heteroatoms. The van der Waals surface area contributed by atoms with Crippen molar-refractivity contribution in [2.24, 2.45) is 5.92 Å². The van der Waals surface area contributed by atoms with E-state index < -0.39 is 21.9 Å². The van der Waals surface area contributed by atoms with Gasteiger partial charge in [-0.3, -0.25) is 9.10 Å². The first kappa shape index (κ1) is 20.1. The summed E-state index contributed by atoms with van der Waals surface area (Å²) in [5, 5.41) is 0. The summed E-state index contributed by atoms with van der Waals surface area (Å²) >= 11 is 0. The van der Waals surface area contributed by atoms with E-state index in [0.29, 0.717) is 25.1 Å². The van der Waals surface area contributed by atoms with Crippen molar-refractivity contribution >= 4 is 16.0 Å². The fourth-order valence-electron chi connectivity index (χ4n) is 3.37. The molecule has 1 unspecified atom stereocenters. The van der Waals surface area contributed by atoms with E-state index in [1.165, 1.54) is 4.31 Å². The number of benzene rings is 2. The summed E-state index contributed by atoms with van der Waals surface area (Å²) in [5.41, 5.74) is 2.45. The third-order valence-corrected chi connectivity index (χ3v) is 6.63. The third kappa shape index (κ3) is 4.28. The lowest BCUT2D eigenvalue weighted by Crippen LogP contribution is -2.35. The summed E-state index contributed by atoms with van der Waals surface area (Å²) in [7, 11) is -3.73. The predicted octanol–water partition coefficient (Wildman–Crippen LogP) is 3.70. The number of sulfonamides is 1. The molecule has 0 saturated heterocycles. The Morgan fingerprint density at radius 2 is 1.79 bits per heavy atom. The van der Waals surface area contributed by atoms with Crippen molar-refractivity contribution in [3.05, 3.63) is 77.5 Å². The minimum atomic E-state index is -3.73. The topological polar surface area (TPSA) is 63.7 Å². The van der Waals surface area contributed by atoms with Crippen LogP contribution in [0.5, 0.6) is 0 Å². The Morgan fingerprint density at radius 3 is 2.43 bits per heavy atom. The molecule has 5 nitrogen and oxygen atoms in total. The van der Waals surface area contributed by atoms with Gasteiger partial charge in [0.25, 0.3) is 10.0 Å². The Morgan fingerprint density at radius 1 is 1.11 bits per heavy atom. The average Bonchev–Trinajstić information content (AvgIpc) is 3.18. The lowest BCUT2D eigenvalue weighted by molar-refractivity contribution is -0.146. The summed E-state index contributed by atoms with van der Waals surface area (Å²) < 4.78 is 33.1. The number of carbonyl (C=O) groups is 1. The fourth-order valence-corrected chi connectivity index (χ4v) is 4.93. The fraction of sp³-hybridized carbons (Fsp3) is 0.318. The first-order chi connectivity index (χ1) is 13.4. The van der Waals surface area contributed by atoms with Crippen LogP contribution in [0, 0.1) is 12.8 Å². The van der Waals surface area contributed by atoms with E-state index in [9.17, 15) is 13.2 Å². The molecule has 0 aliphatic carbocycles. The highest BCUT2D eigenvalue weighted by molar-refractivity contribution is 7.89. The minimum absolute atomic E-state index is 0.230. The zero-order valence-electron chi connectivity index (χ0n) is 16.2. The number of aryl methyl sites for hydroxylation is 1. The second kappa shape index (κ2) is 8.61. The van der Waals surface area contributed by atoms with Gasteiger partial charge >= 0.3 is 5.97 Å². The van der Waals surface area contributed by atoms with Gasteiger partial charge in [-0.05, 0) is 44.4 Å². The van der Waals surface area contributed by atoms with Crippen molar-refractivity contribution in [3.63, 3.8) is 0 Å². The van der Waals surface area contributed by atoms with Crippen molar-refractivity contribution in [3.8, 4) is 0 Å². The van der Waals surface area contributed by atoms with Gasteiger partial charge in [0.2, 0.25) is 0 Å². The quantitative estimate of drug-likeness (QED) is 0.666. The standard InChI is InChI=1S/C22H25NO4S/c1-3-27-22(24)20(16-18-8-5-4-6-9-18)21-10-7-15-23(21)28(25,26)19-13-11-17(2)12-14-19/h4-6,8-14,20H,3,7,15-16H2,1-2H3. The van der Waals surface area contributed by atoms with Gasteiger partial charge in [0.1, 0.15) is 5.92 Å². The normalized spacial score (nSPS) is 15.2. The maximum Gasteiger partial charge on any atom is 0.315 e. The smallest absolute Gasteiger partial charge is 0.315 e. The Hall–Kier alpha value is -2.60. The largest absolute Gasteiger partial charge is 0.465 e. The van der Waals surface area contributed by atoms with Gasteiger partial charge in [-0.25, -0.2) is 8.42 Å². The average molecular weight is 400 g/mol. The molecule has 0 bridgehead atoms. The third-order valence-electron chi connectivity index (χ3n) is 4.79. The van der Waals surface area contributed by atoms with Crippen molar-refractivity contribution in [2.45, 2.75) is 31.6 Å². The molecule has 2 aromatic carbocycles. The second-order valence-corrected chi connectivity index (χ2v) is 8.66. The monoisotopic (exact) mass is 399 g/mol. The van der Waals surface area contributed by atoms with Gasteiger partial charge in [0, 0.05) is 12.2 Å². The van der Waals surface area contributed by atoms with Crippen molar-refractivity contribution in [1.82, 2.24) is 4.31 Å². The van der Waals surface area contributed by atoms with E-state index in [4.69, 9.17) is 4.74 Å². The first-order valence-electron chi connectivity index (χ1n) is 9.43. The van der Waals surface area contributed by atoms with Crippen molar-refractivity contribution in [1.29, 1.82) is 0 Å². The highest BCUT2D eigenvalue weighted by Gasteiger charge is 2.37. The molecule has 1 aliphatic rings. The highest BCUT2D eigenvalue weighted by Crippen LogP contribution is 2.32. The molecule has 0 radical (unpaired) electrons. The maximum atomic E-state index is 13.2. The molecule has 2 aromatic rings. The van der Waals surface area contributed by atoms with Crippen LogP contribution in [0.2, 0.25) is 0 Å². The second-order valence-electron chi connectivity index (χ2n) is 6.80. The lowest BCUT2D eigenvalue weighted by atomic mass is 9.96. The molecular weight excluding hydrogens is 374 g/mol. The zero-order chi connectivity index (χ0) is 20.1. The van der Waals surface area contributed by atoms with Gasteiger partial charge < -0.3 is 4.74 Å². The van der Waals surface area contributed by atoms with E-state index in [0.717, 1.165) is 11.1 Å². The number of hydrogen-bond acceptors (Lipinski definition) is 4. The molecule has 1 atom stereocenters. The molecule has 1 heterocycles. The van der Waals surface area contributed by atoms with Gasteiger partial charge in [0.15, 0.2) is 0 Å². The van der Waals surface area contributed by atoms with E-state index in [-0.39, 0.29) is 11.5 Å². The number of nitrogens with zero attached hydrogens (tertiary/aromatic N) is 1. The van der Waals surface area contributed by atoms with Crippen LogP contribution in [0.25, 0.3) is 0 Å². The Labute approximate surface area is 166 Å². The van der Waals surface area contributed by atoms with E-state index in [1.54, 1.807) is 31.2 Å². The Bertz CT molecular complexity index is 950. The molecular formula is C22H25NO4S. The molecule has 0 saturated carbocycles. The van der Waals surface area contributed by atoms with Gasteiger partial charge in [-0.1, -0.05) is 54.1 Å². The molecule has 0 fully saturated rings. The number of carbonyl (C=O) groups excluding carboxylic acids is 1. The SMILES string of the molecule is CCOC(=O)C(Cc1ccccc1)C1=CCCN1S(=O)(=O)c1ccc(C)cc1. The number of hydrogen-bond donors (Lipinski definition) is 0. The number of esters is 1. The van der Waals surface area contributed by atoms with Crippen molar-refractivity contribution < 1.29 is 17.9 Å². The van der Waals surface area contributed by atoms with Gasteiger partial charge in [-0.15, -0.1) is 0 Å². The van der Waals surface area contributed by atoms with E-state index >= 15 is 0 Å². The van der Waals surface area contributed by atoms with Gasteiger partial charge in [0.05, 0.1) is 11.5 Å². The predicted molar refractivity (Wildman–Crippen MR) is 108 cm³/mol. The summed E-state index contributed by atoms with van der Waals surface area (Å²) in [6, 6.07) is 16.3. The Balaban J connectivity index is 1.94. The van der Waals surface area contributed by atoms with Crippen LogP contribution >= 0.6 is 0 Å². The van der Waals surface area contributed by atoms with Crippen LogP contribution in [0.4, 0.5) is 0 Å². The zero-order valence-corrected chi connectivity index (χ0v) is 17.0. The first-order valence-corrected chi connectivity index (χ1v) is 10.9. The van der Waals surface area contributed by atoms with Gasteiger partial charge in [-0.2, -0.15) is 0 Å². The molecule has 148 valence electrons. The maximum absolute atomic E-state index is 13.2. The van der Waals surface area contributed by atoms with Crippen LogP contribution < -0.4 is 0 Å². The summed E-state index contributed by atoms with van der Waals surface area (Å²) in [6.45, 7) is 4.24. The minimum Gasteiger partial charge on any atom is -0.465 e. The number of ether oxygens (including phenoxy) is 1. The van der Waals surface area contributed by atoms with Crippen LogP contribution in [-0.2, 0) is 26.0 Å². The van der Waals surface area contributed by atoms with E-state index in [2.05, 4.69) is 0 Å². The molecule has 3 rings (SSSR count). The summed E-state index contributed by atoms with van der Waals surface area (Å²) in [4.78, 5) is 12.9. The number of rotatable bonds is 7. The molecule has 0 amide bonds.